The third-order valence-corrected chi connectivity index (χ3v) is 1.61. The van der Waals surface area contributed by atoms with E-state index in [1.807, 2.05) is 30.8 Å². The molecule has 2 heterocycles. The summed E-state index contributed by atoms with van der Waals surface area (Å²) >= 11 is 0. The van der Waals surface area contributed by atoms with E-state index in [4.69, 9.17) is 0 Å². The molecule has 2 aliphatic heterocycles. The van der Waals surface area contributed by atoms with Crippen LogP contribution in [0.25, 0.3) is 0 Å². The molecule has 0 bridgehead atoms. The molecule has 2 rings (SSSR count). The molecule has 1 N–H and O–H groups in total. The molecule has 0 saturated heterocycles. The minimum absolute atomic E-state index is 0.350. The molecule has 1 atom stereocenters. The Labute approximate surface area is 59.7 Å². The van der Waals surface area contributed by atoms with Crippen LogP contribution in [0.3, 0.4) is 0 Å². The SMILES string of the molecule is C1=CNC2C=C[N+]=CC2=C1. The summed E-state index contributed by atoms with van der Waals surface area (Å²) in [5, 5.41) is 3.19. The number of hydrogen-bond acceptors (Lipinski definition) is 2. The smallest absolute Gasteiger partial charge is 0.247 e. The molecule has 2 nitrogen and oxygen atoms in total. The highest BCUT2D eigenvalue weighted by Gasteiger charge is 2.16. The van der Waals surface area contributed by atoms with Gasteiger partial charge in [-0.05, 0) is 18.4 Å². The fraction of sp³-hybridized carbons (Fsp3) is 0.125. The van der Waals surface area contributed by atoms with Crippen LogP contribution in [-0.2, 0) is 0 Å². The van der Waals surface area contributed by atoms with Gasteiger partial charge in [-0.1, -0.05) is 0 Å². The second-order valence-corrected chi connectivity index (χ2v) is 2.29. The van der Waals surface area contributed by atoms with Gasteiger partial charge < -0.3 is 5.32 Å². The molecule has 0 aromatic carbocycles. The van der Waals surface area contributed by atoms with Crippen LogP contribution in [-0.4, -0.2) is 12.3 Å². The van der Waals surface area contributed by atoms with Crippen LogP contribution in [0.5, 0.6) is 0 Å². The standard InChI is InChI=1S/C8H8N2/c1-2-7-6-9-5-3-8(7)10-4-1/h1-6,8,10H/q+1. The van der Waals surface area contributed by atoms with Gasteiger partial charge in [0.2, 0.25) is 12.4 Å². The van der Waals surface area contributed by atoms with Gasteiger partial charge in [0, 0.05) is 11.6 Å². The number of nitrogens with zero attached hydrogens (tertiary/aromatic N) is 1. The third-order valence-electron chi connectivity index (χ3n) is 1.61. The molecule has 0 aliphatic carbocycles. The van der Waals surface area contributed by atoms with Crippen LogP contribution in [0, 0.1) is 0 Å². The Kier molecular flexibility index (Phi) is 1.17. The topological polar surface area (TPSA) is 26.1 Å². The van der Waals surface area contributed by atoms with Crippen LogP contribution in [0.1, 0.15) is 0 Å². The molecule has 10 heavy (non-hydrogen) atoms. The van der Waals surface area contributed by atoms with Crippen molar-refractivity contribution in [3.63, 3.8) is 0 Å². The van der Waals surface area contributed by atoms with Crippen LogP contribution in [0.15, 0.2) is 36.2 Å². The molecule has 2 aliphatic rings. The average Bonchev–Trinajstić information content (AvgIpc) is 2.05. The lowest BCUT2D eigenvalue weighted by molar-refractivity contribution is 0.800. The predicted octanol–water partition coefficient (Wildman–Crippen LogP) is 0.332. The van der Waals surface area contributed by atoms with Crippen LogP contribution in [0.2, 0.25) is 0 Å². The molecule has 0 spiro atoms. The first-order chi connectivity index (χ1) is 4.97. The summed E-state index contributed by atoms with van der Waals surface area (Å²) in [6.45, 7) is 0. The predicted molar refractivity (Wildman–Crippen MR) is 41.5 cm³/mol. The summed E-state index contributed by atoms with van der Waals surface area (Å²) in [6.07, 6.45) is 11.7. The number of fused-ring (bicyclic) bond motifs is 1. The maximum Gasteiger partial charge on any atom is 0.247 e. The van der Waals surface area contributed by atoms with Crippen molar-refractivity contribution in [2.45, 2.75) is 6.04 Å². The highest BCUT2D eigenvalue weighted by atomic mass is 14.9. The van der Waals surface area contributed by atoms with E-state index >= 15 is 0 Å². The minimum atomic E-state index is 0.350. The van der Waals surface area contributed by atoms with Crippen molar-refractivity contribution in [1.82, 2.24) is 10.3 Å². The van der Waals surface area contributed by atoms with E-state index in [9.17, 15) is 0 Å². The van der Waals surface area contributed by atoms with E-state index in [0.29, 0.717) is 6.04 Å². The second kappa shape index (κ2) is 2.14. The van der Waals surface area contributed by atoms with Gasteiger partial charge in [-0.3, -0.25) is 0 Å². The molecule has 1 unspecified atom stereocenters. The lowest BCUT2D eigenvalue weighted by Gasteiger charge is -2.14. The first-order valence-corrected chi connectivity index (χ1v) is 3.29. The zero-order chi connectivity index (χ0) is 6.81. The van der Waals surface area contributed by atoms with E-state index in [1.165, 1.54) is 5.57 Å². The van der Waals surface area contributed by atoms with Gasteiger partial charge in [0.1, 0.15) is 0 Å². The number of dihydropyridines is 1. The van der Waals surface area contributed by atoms with Crippen LogP contribution < -0.4 is 10.3 Å². The highest BCUT2D eigenvalue weighted by molar-refractivity contribution is 5.82. The van der Waals surface area contributed by atoms with Crippen LogP contribution >= 0.6 is 0 Å². The number of hydrogen-bond donors (Lipinski definition) is 1. The Bertz CT molecular complexity index is 246. The van der Waals surface area contributed by atoms with Gasteiger partial charge >= 0.3 is 0 Å². The van der Waals surface area contributed by atoms with Crippen molar-refractivity contribution < 1.29 is 0 Å². The van der Waals surface area contributed by atoms with E-state index in [-0.39, 0.29) is 0 Å². The van der Waals surface area contributed by atoms with E-state index in [2.05, 4.69) is 16.4 Å². The summed E-state index contributed by atoms with van der Waals surface area (Å²) in [5.41, 5.74) is 1.23. The number of rotatable bonds is 0. The van der Waals surface area contributed by atoms with Crippen LogP contribution in [0.4, 0.5) is 0 Å². The molecule has 0 aromatic rings. The van der Waals surface area contributed by atoms with Crippen molar-refractivity contribution in [3.05, 3.63) is 36.2 Å². The molecule has 0 fully saturated rings. The first kappa shape index (κ1) is 5.47. The summed E-state index contributed by atoms with van der Waals surface area (Å²) in [7, 11) is 0. The van der Waals surface area contributed by atoms with Crippen molar-refractivity contribution in [1.29, 1.82) is 0 Å². The number of allylic oxidation sites excluding steroid dienone is 2. The van der Waals surface area contributed by atoms with E-state index in [0.717, 1.165) is 0 Å². The summed E-state index contributed by atoms with van der Waals surface area (Å²) in [5.74, 6) is 0. The Hall–Kier alpha value is -1.31. The van der Waals surface area contributed by atoms with Crippen molar-refractivity contribution in [3.8, 4) is 0 Å². The third kappa shape index (κ3) is 0.778. The maximum absolute atomic E-state index is 4.01. The molecule has 0 aromatic heterocycles. The second-order valence-electron chi connectivity index (χ2n) is 2.29. The molecular formula is C8H8N2+. The minimum Gasteiger partial charge on any atom is -0.380 e. The zero-order valence-corrected chi connectivity index (χ0v) is 5.49. The average molecular weight is 132 g/mol. The number of aliphatic imine (C=N–C) groups is 1. The lowest BCUT2D eigenvalue weighted by atomic mass is 10.0. The maximum atomic E-state index is 4.01. The monoisotopic (exact) mass is 132 g/mol. The molecule has 0 saturated carbocycles. The number of nitrogens with one attached hydrogen (secondary N) is 1. The molecular weight excluding hydrogens is 124 g/mol. The Morgan fingerprint density at radius 1 is 1.50 bits per heavy atom. The quantitative estimate of drug-likeness (QED) is 0.505. The molecule has 49 valence electrons. The molecule has 0 amide bonds. The zero-order valence-electron chi connectivity index (χ0n) is 5.49. The first-order valence-electron chi connectivity index (χ1n) is 3.29. The Morgan fingerprint density at radius 3 is 3.40 bits per heavy atom. The van der Waals surface area contributed by atoms with Gasteiger partial charge in [0.05, 0.1) is 11.0 Å². The Morgan fingerprint density at radius 2 is 2.50 bits per heavy atom. The normalized spacial score (nSPS) is 27.2. The molecule has 2 heteroatoms. The van der Waals surface area contributed by atoms with Gasteiger partial charge in [0.25, 0.3) is 0 Å². The van der Waals surface area contributed by atoms with Gasteiger partial charge in [-0.2, -0.15) is 0 Å². The van der Waals surface area contributed by atoms with Crippen molar-refractivity contribution in [2.24, 2.45) is 0 Å². The molecule has 1 radical (unpaired) electrons. The highest BCUT2D eigenvalue weighted by Crippen LogP contribution is 2.07. The van der Waals surface area contributed by atoms with E-state index in [1.54, 1.807) is 0 Å². The largest absolute Gasteiger partial charge is 0.380 e. The lowest BCUT2D eigenvalue weighted by Crippen LogP contribution is -2.29. The van der Waals surface area contributed by atoms with Crippen molar-refractivity contribution >= 4 is 6.21 Å². The fourth-order valence-corrected chi connectivity index (χ4v) is 1.07. The summed E-state index contributed by atoms with van der Waals surface area (Å²) in [4.78, 5) is 4.01. The van der Waals surface area contributed by atoms with Gasteiger partial charge in [0.15, 0.2) is 0 Å². The van der Waals surface area contributed by atoms with Crippen molar-refractivity contribution in [2.75, 3.05) is 0 Å². The Balaban J connectivity index is 2.34. The summed E-state index contributed by atoms with van der Waals surface area (Å²) < 4.78 is 0. The summed E-state index contributed by atoms with van der Waals surface area (Å²) in [6, 6.07) is 0.350. The van der Waals surface area contributed by atoms with Gasteiger partial charge in [-0.15, -0.1) is 0 Å². The fourth-order valence-electron chi connectivity index (χ4n) is 1.07. The van der Waals surface area contributed by atoms with E-state index < -0.39 is 0 Å². The van der Waals surface area contributed by atoms with Gasteiger partial charge in [-0.25, -0.2) is 0 Å².